The van der Waals surface area contributed by atoms with E-state index < -0.39 is 5.60 Å². The average Bonchev–Trinajstić information content (AvgIpc) is 2.99. The van der Waals surface area contributed by atoms with E-state index in [0.717, 1.165) is 38.0 Å². The highest BCUT2D eigenvalue weighted by Gasteiger charge is 2.61. The van der Waals surface area contributed by atoms with Gasteiger partial charge in [0.1, 0.15) is 0 Å². The number of hydrogen-bond donors (Lipinski definition) is 3. The van der Waals surface area contributed by atoms with Crippen molar-refractivity contribution in [2.45, 2.75) is 117 Å². The fourth-order valence-electron chi connectivity index (χ4n) is 8.66. The van der Waals surface area contributed by atoms with E-state index in [-0.39, 0.29) is 17.6 Å². The van der Waals surface area contributed by atoms with E-state index in [1.54, 1.807) is 0 Å². The van der Waals surface area contributed by atoms with Crippen LogP contribution in [-0.2, 0) is 0 Å². The van der Waals surface area contributed by atoms with Crippen molar-refractivity contribution in [3.8, 4) is 0 Å². The van der Waals surface area contributed by atoms with Crippen LogP contribution in [0.25, 0.3) is 0 Å². The van der Waals surface area contributed by atoms with Gasteiger partial charge in [-0.2, -0.15) is 0 Å². The summed E-state index contributed by atoms with van der Waals surface area (Å²) in [4.78, 5) is 0. The lowest BCUT2D eigenvalue weighted by Crippen LogP contribution is -2.54. The Balaban J connectivity index is 1.52. The van der Waals surface area contributed by atoms with Gasteiger partial charge in [0, 0.05) is 0 Å². The average molecular weight is 419 g/mol. The van der Waals surface area contributed by atoms with Crippen molar-refractivity contribution < 1.29 is 15.3 Å². The first-order chi connectivity index (χ1) is 14.0. The zero-order valence-electron chi connectivity index (χ0n) is 20.0. The van der Waals surface area contributed by atoms with Gasteiger partial charge in [-0.15, -0.1) is 0 Å². The molecule has 3 nitrogen and oxygen atoms in total. The standard InChI is InChI=1S/C27H46O3/c1-17(7-6-12-25(2,3)30)20-8-9-21-24-22(11-14-27(20,21)5)26(4)13-10-19(28)15-18(26)16-23(24)29/h16-17,19-24,28-30H,6-15H2,1-5H3/t17-,19+,20-,21?,22?,23-,24?,26+,27-/m1/s1. The lowest BCUT2D eigenvalue weighted by atomic mass is 9.46. The number of fused-ring (bicyclic) bond motifs is 5. The summed E-state index contributed by atoms with van der Waals surface area (Å²) in [7, 11) is 0. The minimum absolute atomic E-state index is 0.181. The van der Waals surface area contributed by atoms with E-state index in [9.17, 15) is 15.3 Å². The van der Waals surface area contributed by atoms with E-state index in [2.05, 4.69) is 26.8 Å². The quantitative estimate of drug-likeness (QED) is 0.519. The van der Waals surface area contributed by atoms with Crippen LogP contribution < -0.4 is 0 Å². The second-order valence-corrected chi connectivity index (χ2v) is 12.7. The molecule has 0 saturated heterocycles. The molecule has 3 unspecified atom stereocenters. The minimum atomic E-state index is -0.556. The van der Waals surface area contributed by atoms with Crippen LogP contribution in [0.3, 0.4) is 0 Å². The molecule has 0 heterocycles. The molecule has 0 radical (unpaired) electrons. The highest BCUT2D eigenvalue weighted by atomic mass is 16.3. The molecule has 0 spiro atoms. The van der Waals surface area contributed by atoms with Crippen LogP contribution in [0.4, 0.5) is 0 Å². The van der Waals surface area contributed by atoms with Crippen molar-refractivity contribution in [2.75, 3.05) is 0 Å². The summed E-state index contributed by atoms with van der Waals surface area (Å²) in [6, 6.07) is 0. The van der Waals surface area contributed by atoms with E-state index in [1.807, 2.05) is 13.8 Å². The summed E-state index contributed by atoms with van der Waals surface area (Å²) in [5, 5.41) is 31.6. The first kappa shape index (κ1) is 22.8. The third-order valence-electron chi connectivity index (χ3n) is 10.3. The van der Waals surface area contributed by atoms with Gasteiger partial charge in [0.25, 0.3) is 0 Å². The van der Waals surface area contributed by atoms with Gasteiger partial charge in [0.05, 0.1) is 17.8 Å². The second-order valence-electron chi connectivity index (χ2n) is 12.7. The van der Waals surface area contributed by atoms with E-state index in [1.165, 1.54) is 37.7 Å². The van der Waals surface area contributed by atoms with Crippen LogP contribution in [0.15, 0.2) is 11.6 Å². The van der Waals surface area contributed by atoms with Crippen LogP contribution in [-0.4, -0.2) is 33.1 Å². The summed E-state index contributed by atoms with van der Waals surface area (Å²) in [5.41, 5.74) is 1.31. The highest BCUT2D eigenvalue weighted by Crippen LogP contribution is 2.67. The first-order valence-electron chi connectivity index (χ1n) is 12.8. The van der Waals surface area contributed by atoms with E-state index >= 15 is 0 Å². The predicted molar refractivity (Wildman–Crippen MR) is 122 cm³/mol. The molecular weight excluding hydrogens is 372 g/mol. The zero-order valence-corrected chi connectivity index (χ0v) is 20.0. The maximum Gasteiger partial charge on any atom is 0.0757 e. The molecule has 0 aromatic rings. The van der Waals surface area contributed by atoms with Crippen molar-refractivity contribution in [3.05, 3.63) is 11.6 Å². The Morgan fingerprint density at radius 1 is 1.07 bits per heavy atom. The van der Waals surface area contributed by atoms with Crippen LogP contribution in [0, 0.1) is 40.4 Å². The Bertz CT molecular complexity index is 664. The molecule has 3 fully saturated rings. The smallest absolute Gasteiger partial charge is 0.0757 e. The molecular formula is C27H46O3. The summed E-state index contributed by atoms with van der Waals surface area (Å²) in [6.07, 6.45) is 12.6. The maximum atomic E-state index is 11.3. The molecule has 4 aliphatic rings. The van der Waals surface area contributed by atoms with Gasteiger partial charge < -0.3 is 15.3 Å². The van der Waals surface area contributed by atoms with Crippen molar-refractivity contribution >= 4 is 0 Å². The van der Waals surface area contributed by atoms with Crippen LogP contribution in [0.2, 0.25) is 0 Å². The summed E-state index contributed by atoms with van der Waals surface area (Å²) < 4.78 is 0. The Hall–Kier alpha value is -0.380. The van der Waals surface area contributed by atoms with Crippen molar-refractivity contribution in [1.82, 2.24) is 0 Å². The monoisotopic (exact) mass is 418 g/mol. The minimum Gasteiger partial charge on any atom is -0.393 e. The lowest BCUT2D eigenvalue weighted by molar-refractivity contribution is -0.0971. The number of aliphatic hydroxyl groups is 3. The van der Waals surface area contributed by atoms with Gasteiger partial charge in [-0.3, -0.25) is 0 Å². The third-order valence-corrected chi connectivity index (χ3v) is 10.3. The number of aliphatic hydroxyl groups excluding tert-OH is 2. The Labute approximate surface area is 184 Å². The molecule has 0 aromatic carbocycles. The van der Waals surface area contributed by atoms with Crippen LogP contribution >= 0.6 is 0 Å². The topological polar surface area (TPSA) is 60.7 Å². The van der Waals surface area contributed by atoms with E-state index in [4.69, 9.17) is 0 Å². The summed E-state index contributed by atoms with van der Waals surface area (Å²) in [6.45, 7) is 11.2. The SMILES string of the molecule is C[C@H](CCCC(C)(C)O)[C@H]1CCC2C3C(CC[C@@]21C)[C@@]1(C)CC[C@H](O)CC1=C[C@H]3O. The maximum absolute atomic E-state index is 11.3. The molecule has 172 valence electrons. The van der Waals surface area contributed by atoms with Gasteiger partial charge in [-0.1, -0.05) is 45.3 Å². The van der Waals surface area contributed by atoms with Crippen molar-refractivity contribution in [1.29, 1.82) is 0 Å². The second kappa shape index (κ2) is 7.89. The normalized spacial score (nSPS) is 47.1. The molecule has 3 saturated carbocycles. The van der Waals surface area contributed by atoms with Gasteiger partial charge >= 0.3 is 0 Å². The molecule has 3 heteroatoms. The van der Waals surface area contributed by atoms with Crippen molar-refractivity contribution in [3.63, 3.8) is 0 Å². The lowest BCUT2D eigenvalue weighted by Gasteiger charge is -2.59. The molecule has 0 amide bonds. The Morgan fingerprint density at radius 2 is 1.80 bits per heavy atom. The molecule has 9 atom stereocenters. The summed E-state index contributed by atoms with van der Waals surface area (Å²) in [5.74, 6) is 3.01. The molecule has 0 aliphatic heterocycles. The largest absolute Gasteiger partial charge is 0.393 e. The van der Waals surface area contributed by atoms with Crippen molar-refractivity contribution in [2.24, 2.45) is 40.4 Å². The van der Waals surface area contributed by atoms with Crippen LogP contribution in [0.5, 0.6) is 0 Å². The fourth-order valence-corrected chi connectivity index (χ4v) is 8.66. The molecule has 4 aliphatic carbocycles. The van der Waals surface area contributed by atoms with Gasteiger partial charge in [-0.25, -0.2) is 0 Å². The molecule has 0 aromatic heterocycles. The first-order valence-corrected chi connectivity index (χ1v) is 12.8. The Kier molecular flexibility index (Phi) is 5.99. The van der Waals surface area contributed by atoms with Gasteiger partial charge in [-0.05, 0) is 106 Å². The molecule has 3 N–H and O–H groups in total. The van der Waals surface area contributed by atoms with E-state index in [0.29, 0.717) is 29.1 Å². The number of rotatable bonds is 5. The van der Waals surface area contributed by atoms with Crippen LogP contribution in [0.1, 0.15) is 98.8 Å². The fraction of sp³-hybridized carbons (Fsp3) is 0.926. The molecule has 30 heavy (non-hydrogen) atoms. The highest BCUT2D eigenvalue weighted by molar-refractivity contribution is 5.27. The van der Waals surface area contributed by atoms with Gasteiger partial charge in [0.15, 0.2) is 0 Å². The molecule has 4 rings (SSSR count). The van der Waals surface area contributed by atoms with Gasteiger partial charge in [0.2, 0.25) is 0 Å². The summed E-state index contributed by atoms with van der Waals surface area (Å²) >= 11 is 0. The number of hydrogen-bond acceptors (Lipinski definition) is 3. The zero-order chi connectivity index (χ0) is 21.9. The molecule has 0 bridgehead atoms. The third kappa shape index (κ3) is 3.82. The Morgan fingerprint density at radius 3 is 2.50 bits per heavy atom. The predicted octanol–water partition coefficient (Wildman–Crippen LogP) is 5.47.